The number of benzene rings is 4. The topological polar surface area (TPSA) is 472 Å². The Labute approximate surface area is 761 Å². The molecule has 0 bridgehead atoms. The van der Waals surface area contributed by atoms with E-state index in [-0.39, 0.29) is 106 Å². The fraction of sp³-hybridized carbons (Fsp3) is 0.341. The lowest BCUT2D eigenvalue weighted by Crippen LogP contribution is -2.43. The van der Waals surface area contributed by atoms with Crippen molar-refractivity contribution in [3.05, 3.63) is 252 Å². The number of hydrogen-bond acceptors (Lipinski definition) is 30. The number of amidine groups is 4. The number of aromatic nitrogens is 4. The summed E-state index contributed by atoms with van der Waals surface area (Å²) < 4.78 is 223. The minimum atomic E-state index is -4.03. The van der Waals surface area contributed by atoms with Gasteiger partial charge in [-0.1, -0.05) is 24.3 Å². The molecule has 0 spiro atoms. The van der Waals surface area contributed by atoms with Crippen LogP contribution in [0.3, 0.4) is 0 Å². The number of hydrogen-bond donors (Lipinski definition) is 9. The van der Waals surface area contributed by atoms with Crippen molar-refractivity contribution in [1.29, 1.82) is 0 Å². The lowest BCUT2D eigenvalue weighted by atomic mass is 9.90. The summed E-state index contributed by atoms with van der Waals surface area (Å²) in [5, 5.41) is 40.3. The maximum atomic E-state index is 14.8. The molecule has 132 heavy (non-hydrogen) atoms. The van der Waals surface area contributed by atoms with Gasteiger partial charge < -0.3 is 51.0 Å². The summed E-state index contributed by atoms with van der Waals surface area (Å²) in [6, 6.07) is 0.331. The molecule has 0 unspecified atom stereocenters. The van der Waals surface area contributed by atoms with Gasteiger partial charge in [0.2, 0.25) is 0 Å². The third-order valence-corrected chi connectivity index (χ3v) is 23.6. The molecule has 0 saturated carbocycles. The van der Waals surface area contributed by atoms with E-state index in [1.54, 1.807) is 85.3 Å². The van der Waals surface area contributed by atoms with Crippen molar-refractivity contribution < 1.29 is 113 Å². The van der Waals surface area contributed by atoms with Gasteiger partial charge in [-0.3, -0.25) is 39.1 Å². The van der Waals surface area contributed by atoms with Gasteiger partial charge in [0.1, 0.15) is 35.4 Å². The Bertz CT molecular complexity index is 6320. The highest BCUT2D eigenvalue weighted by Crippen LogP contribution is 2.47. The quantitative estimate of drug-likeness (QED) is 0.0268. The zero-order valence-corrected chi connectivity index (χ0v) is 76.0. The molecule has 0 aliphatic carbocycles. The van der Waals surface area contributed by atoms with Gasteiger partial charge in [-0.2, -0.15) is 21.6 Å². The number of amides is 2. The van der Waals surface area contributed by atoms with E-state index in [1.807, 2.05) is 4.90 Å². The summed E-state index contributed by atoms with van der Waals surface area (Å²) in [5.74, 6) is -18.0. The van der Waals surface area contributed by atoms with Crippen LogP contribution in [0.15, 0.2) is 160 Å². The molecular formula is C82H83F12N19O13S6. The average Bonchev–Trinajstić information content (AvgIpc) is 1.57. The molecule has 13 N–H and O–H groups in total. The number of Topliss-reactive ketones (excluding diaryl/α,β-unsaturated/α-hetero) is 4. The van der Waals surface area contributed by atoms with Gasteiger partial charge in [-0.05, 0) is 93.5 Å². The van der Waals surface area contributed by atoms with E-state index >= 15 is 0 Å². The predicted octanol–water partition coefficient (Wildman–Crippen LogP) is 11.1. The fourth-order valence-corrected chi connectivity index (χ4v) is 18.0. The standard InChI is InChI=1S/C23H25F3N4O4S.C23H23F3N4O3S.C18H16F3N5O3S2.C18H15F3N4OS.H4N2O2S/c1-11(32)16-15(9-12(10-31)28-22(33)34-23(2,3)4)29-20(21-27-7-8-35-21)30-19(16)13-5-6-14(24)18(26)17(13)25;1-11(31)16-15-9-12(28-22(32)33-23(2,3)4)10-30(15)20(21-27-7-8-34-21)29-19(16)13-5-6-14(24)18(26)17(13)25;1-8(27)13-12-6-9(25-31(22,28)29)7-26(12)17(18-23-4-5-30-18)24-16(13)10-2-3-11(19)15(21)14(10)20;1-8(26)13-12-6-9(22)7-25(12)17(18-23-4-5-27-18)24-16(13)10-2-3-11(19)15(21)14(10)20;1-5(2,3)4/h5-8,12,19,31H,9-10H2,1-4H3,(H,28,33)(H,29,30);5-8,12,19H,9-10H2,1-4H3,(H,28,32);2-5,9,16,25H,6-7H2,1H3,(H2,22,28,29);2-5,9,16H,6-7,22H2,1H3;(H4,1,2,3,4)/t2*12-,19-;2*9-,16-;/m0000./s1. The van der Waals surface area contributed by atoms with Crippen LogP contribution in [-0.2, 0) is 49.1 Å². The molecular weight excluding hydrogens is 1880 g/mol. The van der Waals surface area contributed by atoms with Crippen molar-refractivity contribution in [3.63, 3.8) is 0 Å². The number of nitrogens with two attached hydrogens (primary N) is 4. The summed E-state index contributed by atoms with van der Waals surface area (Å²) in [6.07, 6.45) is 5.43. The van der Waals surface area contributed by atoms with E-state index in [1.165, 1.54) is 85.4 Å². The lowest BCUT2D eigenvalue weighted by Gasteiger charge is -2.31. The number of ketones is 4. The third kappa shape index (κ3) is 23.8. The van der Waals surface area contributed by atoms with Crippen LogP contribution in [0.1, 0.15) is 161 Å². The molecule has 7 aliphatic heterocycles. The number of fused-ring (bicyclic) bond motifs is 3. The Balaban J connectivity index is 0.000000167. The van der Waals surface area contributed by atoms with Crippen molar-refractivity contribution in [3.8, 4) is 0 Å². The molecule has 3 saturated heterocycles. The van der Waals surface area contributed by atoms with Crippen LogP contribution in [0.25, 0.3) is 0 Å². The maximum Gasteiger partial charge on any atom is 0.407 e. The number of nitrogens with zero attached hydrogens (tertiary/aromatic N) is 11. The van der Waals surface area contributed by atoms with Gasteiger partial charge in [0.25, 0.3) is 20.4 Å². The second kappa shape index (κ2) is 41.2. The van der Waals surface area contributed by atoms with E-state index in [2.05, 4.69) is 70.9 Å². The number of aliphatic hydroxyl groups excluding tert-OH is 1. The molecule has 7 aliphatic rings. The third-order valence-electron chi connectivity index (χ3n) is 19.8. The maximum absolute atomic E-state index is 14.8. The molecule has 3 fully saturated rings. The molecule has 0 radical (unpaired) electrons. The molecule has 4 aromatic carbocycles. The molecule has 8 atom stereocenters. The van der Waals surface area contributed by atoms with Crippen LogP contribution in [0, 0.1) is 69.8 Å². The number of carbonyl (C=O) groups excluding carboxylic acids is 6. The first kappa shape index (κ1) is 101. The highest BCUT2D eigenvalue weighted by atomic mass is 32.2. The number of ether oxygens (including phenoxy) is 2. The highest BCUT2D eigenvalue weighted by Gasteiger charge is 2.47. The second-order valence-corrected chi connectivity index (χ2v) is 38.0. The number of aliphatic hydroxyl groups is 1. The Hall–Kier alpha value is -11.7. The minimum Gasteiger partial charge on any atom is -0.444 e. The average molecular weight is 1960 g/mol. The largest absolute Gasteiger partial charge is 0.444 e. The zero-order chi connectivity index (χ0) is 97.0. The predicted molar refractivity (Wildman–Crippen MR) is 462 cm³/mol. The number of thiazole rings is 4. The van der Waals surface area contributed by atoms with E-state index in [0.29, 0.717) is 61.8 Å². The molecule has 32 nitrogen and oxygen atoms in total. The van der Waals surface area contributed by atoms with Crippen LogP contribution >= 0.6 is 45.3 Å². The molecule has 11 heterocycles. The summed E-state index contributed by atoms with van der Waals surface area (Å²) >= 11 is 5.06. The van der Waals surface area contributed by atoms with Crippen molar-refractivity contribution in [2.45, 2.75) is 154 Å². The second-order valence-electron chi connectivity index (χ2n) is 31.9. The van der Waals surface area contributed by atoms with Crippen molar-refractivity contribution in [1.82, 2.24) is 55.3 Å². The zero-order valence-electron chi connectivity index (χ0n) is 71.1. The summed E-state index contributed by atoms with van der Waals surface area (Å²) in [5.41, 5.74) is 5.68. The van der Waals surface area contributed by atoms with Gasteiger partial charge in [0.15, 0.2) is 136 Å². The summed E-state index contributed by atoms with van der Waals surface area (Å²) in [4.78, 5) is 115. The lowest BCUT2D eigenvalue weighted by molar-refractivity contribution is -0.114. The smallest absolute Gasteiger partial charge is 0.407 e. The molecule has 2 amide bonds. The molecule has 4 aromatic heterocycles. The minimum absolute atomic E-state index is 0.0281. The highest BCUT2D eigenvalue weighted by molar-refractivity contribution is 7.87. The van der Waals surface area contributed by atoms with Gasteiger partial charge in [0, 0.05) is 171 Å². The van der Waals surface area contributed by atoms with Crippen LogP contribution < -0.4 is 41.8 Å². The number of alkyl carbamates (subject to hydrolysis) is 2. The number of halogens is 12. The van der Waals surface area contributed by atoms with E-state index in [0.717, 1.165) is 48.5 Å². The van der Waals surface area contributed by atoms with Crippen molar-refractivity contribution in [2.75, 3.05) is 26.2 Å². The van der Waals surface area contributed by atoms with Gasteiger partial charge in [0.05, 0.1) is 18.7 Å². The monoisotopic (exact) mass is 1960 g/mol. The first-order valence-corrected chi connectivity index (χ1v) is 45.9. The summed E-state index contributed by atoms with van der Waals surface area (Å²) in [6.45, 7) is 15.7. The van der Waals surface area contributed by atoms with Crippen LogP contribution in [-0.4, -0.2) is 177 Å². The first-order valence-electron chi connectivity index (χ1n) is 39.3. The van der Waals surface area contributed by atoms with E-state index < -0.39 is 180 Å². The Morgan fingerprint density at radius 3 is 1.11 bits per heavy atom. The van der Waals surface area contributed by atoms with Crippen LogP contribution in [0.2, 0.25) is 0 Å². The Morgan fingerprint density at radius 2 is 0.788 bits per heavy atom. The van der Waals surface area contributed by atoms with E-state index in [4.69, 9.17) is 20.3 Å². The van der Waals surface area contributed by atoms with Gasteiger partial charge in [-0.15, -0.1) is 45.3 Å². The normalized spacial score (nSPS) is 19.7. The number of nitrogens with one attached hydrogen (secondary N) is 4. The number of carbonyl (C=O) groups is 6. The van der Waals surface area contributed by atoms with Gasteiger partial charge in [-0.25, -0.2) is 97.6 Å². The molecule has 15 rings (SSSR count). The Morgan fingerprint density at radius 1 is 0.470 bits per heavy atom. The SMILES string of the molecule is CC(=O)C1=C(C[C@@H](CO)NC(=O)OC(C)(C)C)NC(c2nccs2)=N[C@H]1c1ccc(F)c(F)c1F.CC(=O)C1=C2C[C@H](N)CN2C(c2nccs2)=N[C@H]1c1ccc(F)c(F)c1F.CC(=O)C1=C2C[C@H](NC(=O)OC(C)(C)C)CN2C(c2nccs2)=N[C@H]1c1ccc(F)c(F)c1F.CC(=O)C1=C2C[C@H](NS(N)(=O)=O)CN2C(c2nccs2)=N[C@H]1c1ccc(F)c(F)c1F.NS(N)(=O)=O. The molecule has 50 heteroatoms. The first-order chi connectivity index (χ1) is 61.8. The Kier molecular flexibility index (Phi) is 31.5. The fourth-order valence-electron chi connectivity index (χ4n) is 14.9. The van der Waals surface area contributed by atoms with Crippen LogP contribution in [0.5, 0.6) is 0 Å². The van der Waals surface area contributed by atoms with E-state index in [9.17, 15) is 103 Å². The molecule has 8 aromatic rings. The van der Waals surface area contributed by atoms with Crippen LogP contribution in [0.4, 0.5) is 62.3 Å². The summed E-state index contributed by atoms with van der Waals surface area (Å²) in [7, 11) is -7.70. The van der Waals surface area contributed by atoms with Gasteiger partial charge >= 0.3 is 12.2 Å². The number of aliphatic imine (C=N–C) groups is 4. The van der Waals surface area contributed by atoms with Crippen molar-refractivity contribution >= 4 is 124 Å². The number of rotatable bonds is 19. The van der Waals surface area contributed by atoms with Crippen molar-refractivity contribution in [2.24, 2.45) is 41.1 Å². The molecule has 704 valence electrons.